The average molecular weight is 313 g/mol. The first-order valence-electron chi connectivity index (χ1n) is 7.13. The van der Waals surface area contributed by atoms with Gasteiger partial charge in [0.15, 0.2) is 11.5 Å². The maximum atomic E-state index is 12.4. The lowest BCUT2D eigenvalue weighted by Gasteiger charge is -2.33. The molecule has 0 radical (unpaired) electrons. The summed E-state index contributed by atoms with van der Waals surface area (Å²) in [6.45, 7) is 3.97. The van der Waals surface area contributed by atoms with E-state index < -0.39 is 5.54 Å². The molecule has 0 spiro atoms. The van der Waals surface area contributed by atoms with Crippen LogP contribution in [-0.4, -0.2) is 31.2 Å². The Kier molecular flexibility index (Phi) is 4.96. The SMILES string of the molecule is CC1(C(=O)Nc2ccc3c(c2)OCCO3)CCCCN1.Cl. The number of rotatable bonds is 2. The zero-order chi connectivity index (χ0) is 14.0. The number of carbonyl (C=O) groups is 1. The molecule has 1 saturated heterocycles. The third-order valence-corrected chi connectivity index (χ3v) is 3.92. The van der Waals surface area contributed by atoms with E-state index in [0.717, 1.165) is 37.2 Å². The third kappa shape index (κ3) is 3.41. The summed E-state index contributed by atoms with van der Waals surface area (Å²) in [7, 11) is 0. The molecule has 0 saturated carbocycles. The van der Waals surface area contributed by atoms with E-state index in [0.29, 0.717) is 19.0 Å². The third-order valence-electron chi connectivity index (χ3n) is 3.92. The number of ether oxygens (including phenoxy) is 2. The van der Waals surface area contributed by atoms with E-state index >= 15 is 0 Å². The number of anilines is 1. The molecule has 0 aliphatic carbocycles. The second kappa shape index (κ2) is 6.54. The van der Waals surface area contributed by atoms with Crippen LogP contribution in [0.15, 0.2) is 18.2 Å². The number of hydrogen-bond acceptors (Lipinski definition) is 4. The summed E-state index contributed by atoms with van der Waals surface area (Å²) in [6.07, 6.45) is 3.08. The highest BCUT2D eigenvalue weighted by Crippen LogP contribution is 2.33. The van der Waals surface area contributed by atoms with E-state index in [9.17, 15) is 4.79 Å². The van der Waals surface area contributed by atoms with Gasteiger partial charge in [-0.05, 0) is 44.9 Å². The molecule has 2 heterocycles. The van der Waals surface area contributed by atoms with Crippen LogP contribution >= 0.6 is 12.4 Å². The highest BCUT2D eigenvalue weighted by molar-refractivity contribution is 5.98. The molecule has 3 rings (SSSR count). The van der Waals surface area contributed by atoms with Crippen molar-refractivity contribution in [3.05, 3.63) is 18.2 Å². The smallest absolute Gasteiger partial charge is 0.244 e. The molecule has 6 heteroatoms. The predicted octanol–water partition coefficient (Wildman–Crippen LogP) is 2.35. The Labute approximate surface area is 130 Å². The number of carbonyl (C=O) groups excluding carboxylic acids is 1. The summed E-state index contributed by atoms with van der Waals surface area (Å²) >= 11 is 0. The van der Waals surface area contributed by atoms with E-state index in [4.69, 9.17) is 9.47 Å². The summed E-state index contributed by atoms with van der Waals surface area (Å²) in [5.74, 6) is 1.43. The van der Waals surface area contributed by atoms with E-state index in [-0.39, 0.29) is 18.3 Å². The summed E-state index contributed by atoms with van der Waals surface area (Å²) in [6, 6.07) is 5.50. The molecule has 1 aromatic rings. The van der Waals surface area contributed by atoms with Gasteiger partial charge in [0, 0.05) is 11.8 Å². The Morgan fingerprint density at radius 3 is 2.71 bits per heavy atom. The highest BCUT2D eigenvalue weighted by atomic mass is 35.5. The number of halogens is 1. The van der Waals surface area contributed by atoms with Gasteiger partial charge in [0.05, 0.1) is 5.54 Å². The Hall–Kier alpha value is -1.46. The van der Waals surface area contributed by atoms with Crippen LogP contribution in [0, 0.1) is 0 Å². The van der Waals surface area contributed by atoms with Crippen molar-refractivity contribution in [1.82, 2.24) is 5.32 Å². The van der Waals surface area contributed by atoms with E-state index in [1.165, 1.54) is 0 Å². The summed E-state index contributed by atoms with van der Waals surface area (Å²) in [5.41, 5.74) is 0.263. The molecule has 1 aromatic carbocycles. The number of hydrogen-bond donors (Lipinski definition) is 2. The molecular formula is C15H21ClN2O3. The molecular weight excluding hydrogens is 292 g/mol. The van der Waals surface area contributed by atoms with Gasteiger partial charge < -0.3 is 20.1 Å². The van der Waals surface area contributed by atoms with Crippen molar-refractivity contribution < 1.29 is 14.3 Å². The normalized spacial score (nSPS) is 23.9. The lowest BCUT2D eigenvalue weighted by atomic mass is 9.90. The minimum Gasteiger partial charge on any atom is -0.486 e. The van der Waals surface area contributed by atoms with Crippen molar-refractivity contribution in [2.24, 2.45) is 0 Å². The van der Waals surface area contributed by atoms with Gasteiger partial charge in [-0.1, -0.05) is 0 Å². The minimum absolute atomic E-state index is 0. The van der Waals surface area contributed by atoms with Crippen LogP contribution < -0.4 is 20.1 Å². The van der Waals surface area contributed by atoms with Crippen LogP contribution in [0.4, 0.5) is 5.69 Å². The molecule has 1 unspecified atom stereocenters. The van der Waals surface area contributed by atoms with Gasteiger partial charge in [0.1, 0.15) is 13.2 Å². The Morgan fingerprint density at radius 1 is 1.24 bits per heavy atom. The Morgan fingerprint density at radius 2 is 2.00 bits per heavy atom. The molecule has 1 fully saturated rings. The zero-order valence-electron chi connectivity index (χ0n) is 12.1. The van der Waals surface area contributed by atoms with Crippen molar-refractivity contribution in [3.8, 4) is 11.5 Å². The minimum atomic E-state index is -0.481. The van der Waals surface area contributed by atoms with Gasteiger partial charge in [-0.15, -0.1) is 12.4 Å². The second-order valence-corrected chi connectivity index (χ2v) is 5.53. The molecule has 2 aliphatic heterocycles. The number of benzene rings is 1. The molecule has 0 aromatic heterocycles. The summed E-state index contributed by atoms with van der Waals surface area (Å²) < 4.78 is 11.0. The van der Waals surface area contributed by atoms with E-state index in [2.05, 4.69) is 10.6 Å². The van der Waals surface area contributed by atoms with Crippen molar-refractivity contribution >= 4 is 24.0 Å². The fourth-order valence-electron chi connectivity index (χ4n) is 2.64. The Bertz CT molecular complexity index is 516. The van der Waals surface area contributed by atoms with Gasteiger partial charge in [0.2, 0.25) is 5.91 Å². The number of piperidine rings is 1. The topological polar surface area (TPSA) is 59.6 Å². The summed E-state index contributed by atoms with van der Waals surface area (Å²) in [4.78, 5) is 12.4. The predicted molar refractivity (Wildman–Crippen MR) is 83.6 cm³/mol. The lowest BCUT2D eigenvalue weighted by molar-refractivity contribution is -0.122. The highest BCUT2D eigenvalue weighted by Gasteiger charge is 2.34. The van der Waals surface area contributed by atoms with Crippen molar-refractivity contribution in [2.75, 3.05) is 25.1 Å². The van der Waals surface area contributed by atoms with E-state index in [1.807, 2.05) is 25.1 Å². The van der Waals surface area contributed by atoms with Gasteiger partial charge in [-0.2, -0.15) is 0 Å². The van der Waals surface area contributed by atoms with Gasteiger partial charge in [-0.3, -0.25) is 4.79 Å². The molecule has 2 aliphatic rings. The number of nitrogens with one attached hydrogen (secondary N) is 2. The van der Waals surface area contributed by atoms with E-state index in [1.54, 1.807) is 0 Å². The first-order chi connectivity index (χ1) is 9.67. The fourth-order valence-corrected chi connectivity index (χ4v) is 2.64. The summed E-state index contributed by atoms with van der Waals surface area (Å²) in [5, 5.41) is 6.28. The van der Waals surface area contributed by atoms with Crippen LogP contribution in [0.5, 0.6) is 11.5 Å². The second-order valence-electron chi connectivity index (χ2n) is 5.53. The molecule has 0 bridgehead atoms. The average Bonchev–Trinajstić information content (AvgIpc) is 2.48. The van der Waals surface area contributed by atoms with Crippen LogP contribution in [-0.2, 0) is 4.79 Å². The zero-order valence-corrected chi connectivity index (χ0v) is 12.9. The first kappa shape index (κ1) is 15.9. The van der Waals surface area contributed by atoms with Crippen LogP contribution in [0.25, 0.3) is 0 Å². The lowest BCUT2D eigenvalue weighted by Crippen LogP contribution is -2.54. The largest absolute Gasteiger partial charge is 0.486 e. The molecule has 21 heavy (non-hydrogen) atoms. The molecule has 1 atom stereocenters. The van der Waals surface area contributed by atoms with Crippen molar-refractivity contribution in [1.29, 1.82) is 0 Å². The first-order valence-corrected chi connectivity index (χ1v) is 7.13. The number of amides is 1. The van der Waals surface area contributed by atoms with Crippen molar-refractivity contribution in [2.45, 2.75) is 31.7 Å². The monoisotopic (exact) mass is 312 g/mol. The van der Waals surface area contributed by atoms with Gasteiger partial charge in [-0.25, -0.2) is 0 Å². The van der Waals surface area contributed by atoms with Crippen LogP contribution in [0.3, 0.4) is 0 Å². The van der Waals surface area contributed by atoms with Crippen molar-refractivity contribution in [3.63, 3.8) is 0 Å². The quantitative estimate of drug-likeness (QED) is 0.880. The molecule has 1 amide bonds. The maximum absolute atomic E-state index is 12.4. The molecule has 5 nitrogen and oxygen atoms in total. The van der Waals surface area contributed by atoms with Crippen LogP contribution in [0.2, 0.25) is 0 Å². The Balaban J connectivity index is 0.00000161. The maximum Gasteiger partial charge on any atom is 0.244 e. The standard InChI is InChI=1S/C15H20N2O3.ClH/c1-15(6-2-3-7-16-15)14(18)17-11-4-5-12-13(10-11)20-9-8-19-12;/h4-5,10,16H,2-3,6-9H2,1H3,(H,17,18);1H. The molecule has 116 valence electrons. The number of fused-ring (bicyclic) bond motifs is 1. The molecule has 2 N–H and O–H groups in total. The fraction of sp³-hybridized carbons (Fsp3) is 0.533. The van der Waals surface area contributed by atoms with Gasteiger partial charge >= 0.3 is 0 Å². The van der Waals surface area contributed by atoms with Gasteiger partial charge in [0.25, 0.3) is 0 Å². The van der Waals surface area contributed by atoms with Crippen LogP contribution in [0.1, 0.15) is 26.2 Å².